The molecule has 0 saturated carbocycles. The van der Waals surface area contributed by atoms with Crippen LogP contribution in [0.1, 0.15) is 12.8 Å². The summed E-state index contributed by atoms with van der Waals surface area (Å²) < 4.78 is 35.8. The highest BCUT2D eigenvalue weighted by Crippen LogP contribution is 2.25. The van der Waals surface area contributed by atoms with Crippen molar-refractivity contribution in [1.82, 2.24) is 0 Å². The van der Waals surface area contributed by atoms with Crippen LogP contribution in [0.25, 0.3) is 0 Å². The second-order valence-electron chi connectivity index (χ2n) is 3.92. The molecule has 2 N–H and O–H groups in total. The number of non-ortho nitro benzene ring substituents is 1. The molecule has 19 heavy (non-hydrogen) atoms. The lowest BCUT2D eigenvalue weighted by Gasteiger charge is -2.10. The molecule has 0 aliphatic rings. The van der Waals surface area contributed by atoms with Crippen LogP contribution in [0.3, 0.4) is 0 Å². The summed E-state index contributed by atoms with van der Waals surface area (Å²) >= 11 is 0. The van der Waals surface area contributed by atoms with Crippen molar-refractivity contribution in [3.63, 3.8) is 0 Å². The molecule has 0 heterocycles. The topological polar surface area (TPSA) is 67.2 Å². The molecule has 0 spiro atoms. The first-order valence-corrected chi connectivity index (χ1v) is 5.59. The highest BCUT2D eigenvalue weighted by atomic mass is 19.4. The van der Waals surface area contributed by atoms with Gasteiger partial charge in [0.25, 0.3) is 5.69 Å². The third kappa shape index (κ3) is 5.45. The molecule has 5 nitrogen and oxygen atoms in total. The summed E-state index contributed by atoms with van der Waals surface area (Å²) in [5.41, 5.74) is 0.818. The van der Waals surface area contributed by atoms with Gasteiger partial charge in [-0.2, -0.15) is 13.2 Å². The number of alkyl halides is 3. The summed E-state index contributed by atoms with van der Waals surface area (Å²) in [4.78, 5) is 10.1. The largest absolute Gasteiger partial charge is 0.389 e. The molecule has 106 valence electrons. The van der Waals surface area contributed by atoms with Crippen LogP contribution in [-0.4, -0.2) is 24.7 Å². The SMILES string of the molecule is CNc1cc(NCCCC(F)(F)F)cc([N+](=O)[O-])c1. The number of anilines is 2. The molecule has 0 saturated heterocycles. The average Bonchev–Trinajstić information content (AvgIpc) is 2.33. The molecule has 1 rings (SSSR count). The average molecular weight is 277 g/mol. The fourth-order valence-corrected chi connectivity index (χ4v) is 1.48. The number of hydrogen-bond donors (Lipinski definition) is 2. The predicted octanol–water partition coefficient (Wildman–Crippen LogP) is 3.39. The zero-order chi connectivity index (χ0) is 14.5. The third-order valence-electron chi connectivity index (χ3n) is 2.38. The molecule has 1 aromatic rings. The van der Waals surface area contributed by atoms with Gasteiger partial charge in [0.05, 0.1) is 4.92 Å². The minimum Gasteiger partial charge on any atom is -0.388 e. The molecule has 0 aliphatic heterocycles. The lowest BCUT2D eigenvalue weighted by Crippen LogP contribution is -2.11. The van der Waals surface area contributed by atoms with E-state index >= 15 is 0 Å². The van der Waals surface area contributed by atoms with Crippen molar-refractivity contribution in [1.29, 1.82) is 0 Å². The molecule has 0 bridgehead atoms. The van der Waals surface area contributed by atoms with Crippen molar-refractivity contribution in [3.05, 3.63) is 28.3 Å². The van der Waals surface area contributed by atoms with Gasteiger partial charge < -0.3 is 10.6 Å². The Morgan fingerprint density at radius 1 is 1.26 bits per heavy atom. The van der Waals surface area contributed by atoms with Crippen LogP contribution in [0.15, 0.2) is 18.2 Å². The van der Waals surface area contributed by atoms with Gasteiger partial charge in [-0.3, -0.25) is 10.1 Å². The minimum atomic E-state index is -4.18. The van der Waals surface area contributed by atoms with Crippen LogP contribution < -0.4 is 10.6 Å². The van der Waals surface area contributed by atoms with Crippen LogP contribution in [0, 0.1) is 10.1 Å². The predicted molar refractivity (Wildman–Crippen MR) is 66.4 cm³/mol. The smallest absolute Gasteiger partial charge is 0.388 e. The molecule has 1 aromatic carbocycles. The van der Waals surface area contributed by atoms with Crippen molar-refractivity contribution in [2.45, 2.75) is 19.0 Å². The van der Waals surface area contributed by atoms with Gasteiger partial charge in [0.2, 0.25) is 0 Å². The first kappa shape index (κ1) is 15.1. The number of nitro groups is 1. The Labute approximate surface area is 108 Å². The Kier molecular flexibility index (Phi) is 4.96. The van der Waals surface area contributed by atoms with Crippen LogP contribution in [-0.2, 0) is 0 Å². The van der Waals surface area contributed by atoms with Crippen molar-refractivity contribution >= 4 is 17.1 Å². The van der Waals surface area contributed by atoms with Gasteiger partial charge in [-0.1, -0.05) is 0 Å². The van der Waals surface area contributed by atoms with Crippen LogP contribution >= 0.6 is 0 Å². The lowest BCUT2D eigenvalue weighted by atomic mass is 10.2. The minimum absolute atomic E-state index is 0.0823. The van der Waals surface area contributed by atoms with E-state index in [1.54, 1.807) is 13.1 Å². The van der Waals surface area contributed by atoms with E-state index in [0.29, 0.717) is 11.4 Å². The summed E-state index contributed by atoms with van der Waals surface area (Å²) in [6.07, 6.45) is -5.14. The van der Waals surface area contributed by atoms with Crippen molar-refractivity contribution in [3.8, 4) is 0 Å². The summed E-state index contributed by atoms with van der Waals surface area (Å²) in [6, 6.07) is 4.23. The van der Waals surface area contributed by atoms with Crippen LogP contribution in [0.4, 0.5) is 30.2 Å². The van der Waals surface area contributed by atoms with Gasteiger partial charge in [-0.05, 0) is 12.5 Å². The van der Waals surface area contributed by atoms with E-state index in [9.17, 15) is 23.3 Å². The number of nitrogens with zero attached hydrogens (tertiary/aromatic N) is 1. The molecule has 8 heteroatoms. The fourth-order valence-electron chi connectivity index (χ4n) is 1.48. The number of benzene rings is 1. The Morgan fingerprint density at radius 2 is 1.89 bits per heavy atom. The maximum absolute atomic E-state index is 11.9. The molecule has 0 fully saturated rings. The van der Waals surface area contributed by atoms with Crippen LogP contribution in [0.5, 0.6) is 0 Å². The zero-order valence-electron chi connectivity index (χ0n) is 10.3. The van der Waals surface area contributed by atoms with E-state index in [0.717, 1.165) is 0 Å². The van der Waals surface area contributed by atoms with Crippen LogP contribution in [0.2, 0.25) is 0 Å². The maximum atomic E-state index is 11.9. The molecule has 0 unspecified atom stereocenters. The van der Waals surface area contributed by atoms with Crippen molar-refractivity contribution < 1.29 is 18.1 Å². The van der Waals surface area contributed by atoms with E-state index < -0.39 is 17.5 Å². The van der Waals surface area contributed by atoms with E-state index in [1.165, 1.54) is 12.1 Å². The second-order valence-corrected chi connectivity index (χ2v) is 3.92. The Hall–Kier alpha value is -1.99. The van der Waals surface area contributed by atoms with Gasteiger partial charge >= 0.3 is 6.18 Å². The molecule has 0 aromatic heterocycles. The normalized spacial score (nSPS) is 11.2. The molecule has 0 atom stereocenters. The first-order chi connectivity index (χ1) is 8.81. The summed E-state index contributed by atoms with van der Waals surface area (Å²) in [5.74, 6) is 0. The van der Waals surface area contributed by atoms with E-state index in [2.05, 4.69) is 10.6 Å². The van der Waals surface area contributed by atoms with E-state index in [4.69, 9.17) is 0 Å². The van der Waals surface area contributed by atoms with Crippen molar-refractivity contribution in [2.24, 2.45) is 0 Å². The zero-order valence-corrected chi connectivity index (χ0v) is 10.3. The number of halogens is 3. The fraction of sp³-hybridized carbons (Fsp3) is 0.455. The standard InChI is InChI=1S/C11H14F3N3O2/c1-15-8-5-9(7-10(6-8)17(18)19)16-4-2-3-11(12,13)14/h5-7,15-16H,2-4H2,1H3. The summed E-state index contributed by atoms with van der Waals surface area (Å²) in [7, 11) is 1.60. The first-order valence-electron chi connectivity index (χ1n) is 5.59. The second kappa shape index (κ2) is 6.26. The number of hydrogen-bond acceptors (Lipinski definition) is 4. The Balaban J connectivity index is 2.62. The Morgan fingerprint density at radius 3 is 2.42 bits per heavy atom. The summed E-state index contributed by atoms with van der Waals surface area (Å²) in [5, 5.41) is 16.2. The quantitative estimate of drug-likeness (QED) is 0.475. The van der Waals surface area contributed by atoms with Gasteiger partial charge in [-0.25, -0.2) is 0 Å². The van der Waals surface area contributed by atoms with E-state index in [-0.39, 0.29) is 18.7 Å². The number of nitrogens with one attached hydrogen (secondary N) is 2. The number of rotatable bonds is 6. The molecule has 0 amide bonds. The third-order valence-corrected chi connectivity index (χ3v) is 2.38. The van der Waals surface area contributed by atoms with E-state index in [1.807, 2.05) is 0 Å². The molecule has 0 radical (unpaired) electrons. The summed E-state index contributed by atoms with van der Waals surface area (Å²) in [6.45, 7) is 0.101. The Bertz CT molecular complexity index is 449. The molecule has 0 aliphatic carbocycles. The van der Waals surface area contributed by atoms with Gasteiger partial charge in [0.15, 0.2) is 0 Å². The lowest BCUT2D eigenvalue weighted by molar-refractivity contribution is -0.384. The highest BCUT2D eigenvalue weighted by Gasteiger charge is 2.25. The van der Waals surface area contributed by atoms with Gasteiger partial charge in [0.1, 0.15) is 0 Å². The highest BCUT2D eigenvalue weighted by molar-refractivity contribution is 5.63. The van der Waals surface area contributed by atoms with Gasteiger partial charge in [-0.15, -0.1) is 0 Å². The van der Waals surface area contributed by atoms with Crippen molar-refractivity contribution in [2.75, 3.05) is 24.2 Å². The monoisotopic (exact) mass is 277 g/mol. The molecular weight excluding hydrogens is 263 g/mol. The molecular formula is C11H14F3N3O2. The van der Waals surface area contributed by atoms with Gasteiger partial charge in [0, 0.05) is 43.5 Å². The maximum Gasteiger partial charge on any atom is 0.389 e. The number of nitro benzene ring substituents is 1.